The Balaban J connectivity index is 2.10. The molecule has 0 spiro atoms. The maximum absolute atomic E-state index is 4.24. The van der Waals surface area contributed by atoms with Crippen LogP contribution in [0.1, 0.15) is 43.4 Å². The van der Waals surface area contributed by atoms with Gasteiger partial charge in [0.15, 0.2) is 0 Å². The van der Waals surface area contributed by atoms with E-state index in [9.17, 15) is 0 Å². The van der Waals surface area contributed by atoms with Gasteiger partial charge in [-0.25, -0.2) is 5.01 Å². The standard InChI is InChI=1S/C28H35N3/c1-8-28(23(3)20-27-17-13-12-14-22(27)2)31(29-6)25(5)18-19-30(7)21-24(4)26-15-10-9-11-16-26/h8-20,24H,5-6,21H2,1-4,7H3/b19-18-,23-20+,28-8-. The summed E-state index contributed by atoms with van der Waals surface area (Å²) in [5, 5.41) is 6.02. The van der Waals surface area contributed by atoms with Gasteiger partial charge in [0, 0.05) is 26.5 Å². The van der Waals surface area contributed by atoms with E-state index >= 15 is 0 Å². The molecule has 1 unspecified atom stereocenters. The number of aryl methyl sites for hydroxylation is 1. The first kappa shape index (κ1) is 23.9. The zero-order valence-corrected chi connectivity index (χ0v) is 19.5. The number of rotatable bonds is 10. The molecule has 2 aromatic rings. The average Bonchev–Trinajstić information content (AvgIpc) is 2.77. The van der Waals surface area contributed by atoms with E-state index in [0.717, 1.165) is 23.5 Å². The van der Waals surface area contributed by atoms with Gasteiger partial charge in [-0.2, -0.15) is 5.10 Å². The summed E-state index contributed by atoms with van der Waals surface area (Å²) in [6, 6.07) is 18.9. The molecule has 162 valence electrons. The van der Waals surface area contributed by atoms with Crippen LogP contribution >= 0.6 is 0 Å². The fourth-order valence-corrected chi connectivity index (χ4v) is 3.56. The Morgan fingerprint density at radius 3 is 2.35 bits per heavy atom. The summed E-state index contributed by atoms with van der Waals surface area (Å²) in [5.41, 5.74) is 6.60. The molecule has 0 fully saturated rings. The van der Waals surface area contributed by atoms with Gasteiger partial charge in [-0.15, -0.1) is 0 Å². The molecule has 2 aromatic carbocycles. The molecule has 3 nitrogen and oxygen atoms in total. The van der Waals surface area contributed by atoms with Crippen LogP contribution in [0.25, 0.3) is 6.08 Å². The summed E-state index contributed by atoms with van der Waals surface area (Å²) in [6.07, 6.45) is 8.25. The number of hydrazone groups is 1. The van der Waals surface area contributed by atoms with Crippen LogP contribution in [0.15, 0.2) is 102 Å². The molecule has 1 atom stereocenters. The van der Waals surface area contributed by atoms with Crippen LogP contribution in [0, 0.1) is 6.92 Å². The second-order valence-corrected chi connectivity index (χ2v) is 7.87. The minimum Gasteiger partial charge on any atom is -0.380 e. The third-order valence-electron chi connectivity index (χ3n) is 5.33. The fourth-order valence-electron chi connectivity index (χ4n) is 3.56. The Labute approximate surface area is 188 Å². The number of allylic oxidation sites excluding steroid dienone is 3. The van der Waals surface area contributed by atoms with Gasteiger partial charge in [-0.3, -0.25) is 0 Å². The van der Waals surface area contributed by atoms with E-state index in [2.05, 4.69) is 112 Å². The molecular weight excluding hydrogens is 378 g/mol. The molecule has 0 N–H and O–H groups in total. The van der Waals surface area contributed by atoms with Gasteiger partial charge < -0.3 is 4.90 Å². The molecule has 0 aliphatic carbocycles. The van der Waals surface area contributed by atoms with Crippen molar-refractivity contribution in [2.75, 3.05) is 13.6 Å². The largest absolute Gasteiger partial charge is 0.380 e. The van der Waals surface area contributed by atoms with Crippen LogP contribution < -0.4 is 0 Å². The van der Waals surface area contributed by atoms with E-state index in [4.69, 9.17) is 0 Å². The molecule has 0 saturated heterocycles. The Kier molecular flexibility index (Phi) is 9.08. The van der Waals surface area contributed by atoms with Gasteiger partial charge in [-0.1, -0.05) is 74.2 Å². The first-order valence-corrected chi connectivity index (χ1v) is 10.7. The molecule has 3 heteroatoms. The molecule has 2 rings (SSSR count). The molecule has 0 amide bonds. The predicted octanol–water partition coefficient (Wildman–Crippen LogP) is 6.98. The maximum Gasteiger partial charge on any atom is 0.0638 e. The lowest BCUT2D eigenvalue weighted by molar-refractivity contribution is 0.420. The van der Waals surface area contributed by atoms with Crippen molar-refractivity contribution in [2.45, 2.75) is 33.6 Å². The topological polar surface area (TPSA) is 18.8 Å². The predicted molar refractivity (Wildman–Crippen MR) is 136 cm³/mol. The van der Waals surface area contributed by atoms with Gasteiger partial charge in [-0.05, 0) is 61.1 Å². The van der Waals surface area contributed by atoms with Crippen molar-refractivity contribution in [1.29, 1.82) is 0 Å². The summed E-state index contributed by atoms with van der Waals surface area (Å²) in [4.78, 5) is 2.18. The lowest BCUT2D eigenvalue weighted by Crippen LogP contribution is -2.19. The monoisotopic (exact) mass is 413 g/mol. The smallest absolute Gasteiger partial charge is 0.0638 e. The maximum atomic E-state index is 4.24. The number of nitrogens with zero attached hydrogens (tertiary/aromatic N) is 3. The molecule has 0 saturated carbocycles. The Bertz CT molecular complexity index is 967. The molecule has 0 heterocycles. The van der Waals surface area contributed by atoms with Crippen molar-refractivity contribution in [2.24, 2.45) is 5.10 Å². The van der Waals surface area contributed by atoms with E-state index in [1.54, 1.807) is 5.01 Å². The Morgan fingerprint density at radius 1 is 1.10 bits per heavy atom. The summed E-state index contributed by atoms with van der Waals surface area (Å²) >= 11 is 0. The summed E-state index contributed by atoms with van der Waals surface area (Å²) < 4.78 is 0. The third-order valence-corrected chi connectivity index (χ3v) is 5.33. The highest BCUT2D eigenvalue weighted by Crippen LogP contribution is 2.24. The van der Waals surface area contributed by atoms with Crippen molar-refractivity contribution in [3.05, 3.63) is 113 Å². The van der Waals surface area contributed by atoms with Crippen LogP contribution in [-0.2, 0) is 0 Å². The summed E-state index contributed by atoms with van der Waals surface area (Å²) in [7, 11) is 2.08. The van der Waals surface area contributed by atoms with Crippen LogP contribution in [0.2, 0.25) is 0 Å². The lowest BCUT2D eigenvalue weighted by atomic mass is 10.0. The Hall–Kier alpha value is -3.33. The highest BCUT2D eigenvalue weighted by molar-refractivity contribution is 5.60. The Morgan fingerprint density at radius 2 is 1.74 bits per heavy atom. The normalized spacial score (nSPS) is 13.2. The third kappa shape index (κ3) is 6.85. The van der Waals surface area contributed by atoms with E-state index in [0.29, 0.717) is 5.92 Å². The minimum atomic E-state index is 0.433. The molecule has 31 heavy (non-hydrogen) atoms. The van der Waals surface area contributed by atoms with Gasteiger partial charge in [0.25, 0.3) is 0 Å². The quantitative estimate of drug-likeness (QED) is 0.238. The van der Waals surface area contributed by atoms with Gasteiger partial charge in [0.2, 0.25) is 0 Å². The van der Waals surface area contributed by atoms with Crippen molar-refractivity contribution in [3.63, 3.8) is 0 Å². The second kappa shape index (κ2) is 11.8. The van der Waals surface area contributed by atoms with Crippen LogP contribution in [0.3, 0.4) is 0 Å². The zero-order chi connectivity index (χ0) is 22.8. The molecular formula is C28H35N3. The minimum absolute atomic E-state index is 0.433. The van der Waals surface area contributed by atoms with E-state index in [-0.39, 0.29) is 0 Å². The molecule has 0 aromatic heterocycles. The molecule has 0 bridgehead atoms. The molecule has 0 radical (unpaired) electrons. The average molecular weight is 414 g/mol. The first-order valence-electron chi connectivity index (χ1n) is 10.7. The molecule has 0 aliphatic rings. The zero-order valence-electron chi connectivity index (χ0n) is 19.5. The van der Waals surface area contributed by atoms with Crippen molar-refractivity contribution in [3.8, 4) is 0 Å². The SMILES string of the molecule is C=NN(C(=C)/C=C\N(C)CC(C)c1ccccc1)C(=C\C)/C(C)=C/c1ccccc1C. The van der Waals surface area contributed by atoms with Gasteiger partial charge >= 0.3 is 0 Å². The van der Waals surface area contributed by atoms with Gasteiger partial charge in [0.1, 0.15) is 0 Å². The summed E-state index contributed by atoms with van der Waals surface area (Å²) in [6.45, 7) is 17.4. The van der Waals surface area contributed by atoms with Crippen molar-refractivity contribution < 1.29 is 0 Å². The van der Waals surface area contributed by atoms with Gasteiger partial charge in [0.05, 0.1) is 11.4 Å². The first-order chi connectivity index (χ1) is 14.9. The van der Waals surface area contributed by atoms with E-state index < -0.39 is 0 Å². The van der Waals surface area contributed by atoms with Crippen LogP contribution in [-0.4, -0.2) is 30.2 Å². The van der Waals surface area contributed by atoms with Crippen LogP contribution in [0.4, 0.5) is 0 Å². The van der Waals surface area contributed by atoms with E-state index in [1.807, 2.05) is 25.3 Å². The van der Waals surface area contributed by atoms with E-state index in [1.165, 1.54) is 16.7 Å². The highest BCUT2D eigenvalue weighted by Gasteiger charge is 2.12. The van der Waals surface area contributed by atoms with Crippen molar-refractivity contribution >= 4 is 12.8 Å². The highest BCUT2D eigenvalue weighted by atomic mass is 15.5. The lowest BCUT2D eigenvalue weighted by Gasteiger charge is -2.24. The van der Waals surface area contributed by atoms with Crippen LogP contribution in [0.5, 0.6) is 0 Å². The number of hydrogen-bond acceptors (Lipinski definition) is 3. The fraction of sp³-hybridized carbons (Fsp3) is 0.250. The second-order valence-electron chi connectivity index (χ2n) is 7.87. The molecule has 0 aliphatic heterocycles. The number of hydrogen-bond donors (Lipinski definition) is 0. The van der Waals surface area contributed by atoms with Crippen molar-refractivity contribution in [1.82, 2.24) is 9.91 Å². The number of likely N-dealkylation sites (N-methyl/N-ethyl adjacent to an activating group) is 1. The summed E-state index contributed by atoms with van der Waals surface area (Å²) in [5.74, 6) is 0.433. The number of benzene rings is 2.